The Morgan fingerprint density at radius 1 is 1.21 bits per heavy atom. The molecule has 0 heterocycles. The van der Waals surface area contributed by atoms with Gasteiger partial charge in [0.05, 0.1) is 6.61 Å². The summed E-state index contributed by atoms with van der Waals surface area (Å²) in [5.41, 5.74) is 3.33. The van der Waals surface area contributed by atoms with Gasteiger partial charge in [-0.3, -0.25) is 0 Å². The van der Waals surface area contributed by atoms with Crippen LogP contribution >= 0.6 is 27.5 Å². The number of benzene rings is 2. The molecule has 0 radical (unpaired) electrons. The van der Waals surface area contributed by atoms with Gasteiger partial charge in [0, 0.05) is 34.4 Å². The zero-order valence-electron chi connectivity index (χ0n) is 10.6. The van der Waals surface area contributed by atoms with Crippen molar-refractivity contribution >= 4 is 33.2 Å². The molecule has 0 unspecified atom stereocenters. The standard InChI is InChI=1S/C15H15BrClNO/c1-19-10-13-14(16)6-3-7-15(13)18-9-11-4-2-5-12(17)8-11/h2-8,18H,9-10H2,1H3. The van der Waals surface area contributed by atoms with Gasteiger partial charge in [-0.25, -0.2) is 0 Å². The van der Waals surface area contributed by atoms with Gasteiger partial charge in [0.15, 0.2) is 0 Å². The lowest BCUT2D eigenvalue weighted by Gasteiger charge is -2.13. The molecule has 0 fully saturated rings. The highest BCUT2D eigenvalue weighted by Crippen LogP contribution is 2.26. The molecule has 0 aromatic heterocycles. The van der Waals surface area contributed by atoms with Crippen LogP contribution in [0.5, 0.6) is 0 Å². The number of hydrogen-bond donors (Lipinski definition) is 1. The molecule has 0 bridgehead atoms. The summed E-state index contributed by atoms with van der Waals surface area (Å²) >= 11 is 9.52. The molecule has 0 saturated carbocycles. The lowest BCUT2D eigenvalue weighted by Crippen LogP contribution is -2.03. The Labute approximate surface area is 126 Å². The van der Waals surface area contributed by atoms with Crippen LogP contribution in [0.4, 0.5) is 5.69 Å². The number of nitrogens with one attached hydrogen (secondary N) is 1. The Hall–Kier alpha value is -1.03. The monoisotopic (exact) mass is 339 g/mol. The van der Waals surface area contributed by atoms with Gasteiger partial charge < -0.3 is 10.1 Å². The van der Waals surface area contributed by atoms with Gasteiger partial charge in [-0.1, -0.05) is 45.7 Å². The summed E-state index contributed by atoms with van der Waals surface area (Å²) in [5.74, 6) is 0. The Morgan fingerprint density at radius 3 is 2.74 bits per heavy atom. The molecule has 2 rings (SSSR count). The van der Waals surface area contributed by atoms with Crippen LogP contribution in [0, 0.1) is 0 Å². The van der Waals surface area contributed by atoms with E-state index in [4.69, 9.17) is 16.3 Å². The van der Waals surface area contributed by atoms with E-state index in [-0.39, 0.29) is 0 Å². The number of methoxy groups -OCH3 is 1. The maximum Gasteiger partial charge on any atom is 0.0744 e. The first-order valence-corrected chi connectivity index (χ1v) is 7.12. The molecule has 0 spiro atoms. The van der Waals surface area contributed by atoms with Crippen molar-refractivity contribution < 1.29 is 4.74 Å². The van der Waals surface area contributed by atoms with Gasteiger partial charge in [0.25, 0.3) is 0 Å². The van der Waals surface area contributed by atoms with Gasteiger partial charge in [0.2, 0.25) is 0 Å². The minimum absolute atomic E-state index is 0.569. The molecule has 1 N–H and O–H groups in total. The molecule has 0 amide bonds. The zero-order chi connectivity index (χ0) is 13.7. The summed E-state index contributed by atoms with van der Waals surface area (Å²) in [5, 5.41) is 4.17. The highest BCUT2D eigenvalue weighted by molar-refractivity contribution is 9.10. The third kappa shape index (κ3) is 3.96. The van der Waals surface area contributed by atoms with E-state index in [9.17, 15) is 0 Å². The molecule has 2 aromatic carbocycles. The second-order valence-electron chi connectivity index (χ2n) is 4.18. The van der Waals surface area contributed by atoms with Crippen molar-refractivity contribution in [3.05, 3.63) is 63.1 Å². The molecule has 0 aliphatic heterocycles. The number of ether oxygens (including phenoxy) is 1. The summed E-state index contributed by atoms with van der Waals surface area (Å²) in [4.78, 5) is 0. The van der Waals surface area contributed by atoms with Gasteiger partial charge in [-0.05, 0) is 29.8 Å². The van der Waals surface area contributed by atoms with E-state index in [2.05, 4.69) is 21.2 Å². The first kappa shape index (κ1) is 14.4. The van der Waals surface area contributed by atoms with Crippen LogP contribution in [0.2, 0.25) is 5.02 Å². The highest BCUT2D eigenvalue weighted by atomic mass is 79.9. The minimum atomic E-state index is 0.569. The maximum atomic E-state index is 5.98. The van der Waals surface area contributed by atoms with Gasteiger partial charge in [0.1, 0.15) is 0 Å². The van der Waals surface area contributed by atoms with Crippen LogP contribution in [0.1, 0.15) is 11.1 Å². The summed E-state index contributed by atoms with van der Waals surface area (Å²) in [6, 6.07) is 13.9. The van der Waals surface area contributed by atoms with E-state index < -0.39 is 0 Å². The van der Waals surface area contributed by atoms with Crippen molar-refractivity contribution in [1.82, 2.24) is 0 Å². The summed E-state index contributed by atoms with van der Waals surface area (Å²) in [6.45, 7) is 1.30. The normalized spacial score (nSPS) is 10.5. The molecule has 0 saturated heterocycles. The number of anilines is 1. The van der Waals surface area contributed by atoms with Gasteiger partial charge in [-0.15, -0.1) is 0 Å². The lowest BCUT2D eigenvalue weighted by atomic mass is 10.1. The van der Waals surface area contributed by atoms with Crippen LogP contribution in [-0.2, 0) is 17.9 Å². The van der Waals surface area contributed by atoms with Crippen molar-refractivity contribution in [2.24, 2.45) is 0 Å². The van der Waals surface area contributed by atoms with Crippen LogP contribution in [0.15, 0.2) is 46.9 Å². The number of rotatable bonds is 5. The molecule has 0 atom stereocenters. The number of halogens is 2. The fraction of sp³-hybridized carbons (Fsp3) is 0.200. The molecule has 4 heteroatoms. The van der Waals surface area contributed by atoms with Crippen molar-refractivity contribution in [3.8, 4) is 0 Å². The van der Waals surface area contributed by atoms with Crippen molar-refractivity contribution in [3.63, 3.8) is 0 Å². The Morgan fingerprint density at radius 2 is 2.00 bits per heavy atom. The minimum Gasteiger partial charge on any atom is -0.381 e. The highest BCUT2D eigenvalue weighted by Gasteiger charge is 2.06. The fourth-order valence-electron chi connectivity index (χ4n) is 1.86. The topological polar surface area (TPSA) is 21.3 Å². The average molecular weight is 341 g/mol. The Kier molecular flexibility index (Phi) is 5.25. The van der Waals surface area contributed by atoms with Crippen molar-refractivity contribution in [2.45, 2.75) is 13.2 Å². The van der Waals surface area contributed by atoms with E-state index in [1.54, 1.807) is 7.11 Å². The maximum absolute atomic E-state index is 5.98. The molecular weight excluding hydrogens is 326 g/mol. The van der Waals surface area contributed by atoms with E-state index in [1.165, 1.54) is 0 Å². The van der Waals surface area contributed by atoms with Crippen LogP contribution < -0.4 is 5.32 Å². The fourth-order valence-corrected chi connectivity index (χ4v) is 2.55. The van der Waals surface area contributed by atoms with E-state index in [1.807, 2.05) is 42.5 Å². The summed E-state index contributed by atoms with van der Waals surface area (Å²) in [6.07, 6.45) is 0. The predicted molar refractivity (Wildman–Crippen MR) is 83.6 cm³/mol. The molecule has 100 valence electrons. The molecule has 19 heavy (non-hydrogen) atoms. The first-order chi connectivity index (χ1) is 9.20. The van der Waals surface area contributed by atoms with Crippen LogP contribution in [0.3, 0.4) is 0 Å². The molecule has 2 nitrogen and oxygen atoms in total. The van der Waals surface area contributed by atoms with Gasteiger partial charge in [-0.2, -0.15) is 0 Å². The van der Waals surface area contributed by atoms with Crippen LogP contribution in [-0.4, -0.2) is 7.11 Å². The molecule has 0 aliphatic carbocycles. The van der Waals surface area contributed by atoms with Crippen LogP contribution in [0.25, 0.3) is 0 Å². The third-order valence-electron chi connectivity index (χ3n) is 2.78. The molecular formula is C15H15BrClNO. The Balaban J connectivity index is 2.13. The quantitative estimate of drug-likeness (QED) is 0.839. The molecule has 2 aromatic rings. The van der Waals surface area contributed by atoms with E-state index in [0.29, 0.717) is 6.61 Å². The average Bonchev–Trinajstić information content (AvgIpc) is 2.40. The smallest absolute Gasteiger partial charge is 0.0744 e. The summed E-state index contributed by atoms with van der Waals surface area (Å²) in [7, 11) is 1.69. The van der Waals surface area contributed by atoms with Gasteiger partial charge >= 0.3 is 0 Å². The predicted octanol–water partition coefficient (Wildman–Crippen LogP) is 4.86. The zero-order valence-corrected chi connectivity index (χ0v) is 13.0. The first-order valence-electron chi connectivity index (χ1n) is 5.95. The molecule has 0 aliphatic rings. The Bertz CT molecular complexity index is 560. The lowest BCUT2D eigenvalue weighted by molar-refractivity contribution is 0.185. The largest absolute Gasteiger partial charge is 0.381 e. The second kappa shape index (κ2) is 6.94. The van der Waals surface area contributed by atoms with E-state index in [0.717, 1.165) is 32.9 Å². The van der Waals surface area contributed by atoms with E-state index >= 15 is 0 Å². The number of hydrogen-bond acceptors (Lipinski definition) is 2. The SMILES string of the molecule is COCc1c(Br)cccc1NCc1cccc(Cl)c1. The third-order valence-corrected chi connectivity index (χ3v) is 3.76. The van der Waals surface area contributed by atoms with Crippen molar-refractivity contribution in [1.29, 1.82) is 0 Å². The van der Waals surface area contributed by atoms with Crippen molar-refractivity contribution in [2.75, 3.05) is 12.4 Å². The second-order valence-corrected chi connectivity index (χ2v) is 5.47. The summed E-state index contributed by atoms with van der Waals surface area (Å²) < 4.78 is 6.28.